The molecule has 4 rings (SSSR count). The molecule has 0 spiro atoms. The van der Waals surface area contributed by atoms with Crippen molar-refractivity contribution in [1.29, 1.82) is 0 Å². The Morgan fingerprint density at radius 2 is 0.931 bits per heavy atom. The Morgan fingerprint density at radius 3 is 1.38 bits per heavy atom. The molecule has 0 saturated carbocycles. The maximum atomic E-state index is 4.64. The van der Waals surface area contributed by atoms with E-state index in [1.807, 2.05) is 0 Å². The molecule has 0 amide bonds. The van der Waals surface area contributed by atoms with Gasteiger partial charge in [0, 0.05) is 0 Å². The Morgan fingerprint density at radius 1 is 0.552 bits per heavy atom. The molecule has 4 aromatic carbocycles. The summed E-state index contributed by atoms with van der Waals surface area (Å²) in [6.45, 7) is 0. The van der Waals surface area contributed by atoms with Crippen molar-refractivity contribution in [2.24, 2.45) is 0 Å². The van der Waals surface area contributed by atoms with Crippen LogP contribution in [0.3, 0.4) is 0 Å². The van der Waals surface area contributed by atoms with Gasteiger partial charge in [-0.2, -0.15) is 0 Å². The quantitative estimate of drug-likeness (QED) is 0.175. The standard InChI is InChI=1S/C26H21P.ClH.Ti/c1-5-13-22(14-6-1)21-26(23-15-7-2-8-16-23)27(24-17-9-3-10-18-24)25-19-11-4-12-20-25;;/h1-21H;1H;/q;;+1/p-1. The van der Waals surface area contributed by atoms with Crippen LogP contribution < -0.4 is 10.6 Å². The molecular weight excluding hydrogens is 427 g/mol. The SMILES string of the molecule is C(=C(c1ccccc1)P(c1ccccc1)c1ccccc1)c1ccccc1.[Cl][Ti]. The van der Waals surface area contributed by atoms with Gasteiger partial charge in [-0.1, -0.05) is 121 Å². The average Bonchev–Trinajstić information content (AvgIpc) is 2.83. The third-order valence-corrected chi connectivity index (χ3v) is 6.94. The molecule has 0 heterocycles. The number of rotatable bonds is 5. The monoisotopic (exact) mass is 447 g/mol. The predicted molar refractivity (Wildman–Crippen MR) is 126 cm³/mol. The van der Waals surface area contributed by atoms with E-state index in [0.29, 0.717) is 0 Å². The zero-order chi connectivity index (χ0) is 20.3. The van der Waals surface area contributed by atoms with Gasteiger partial charge in [-0.25, -0.2) is 0 Å². The number of benzene rings is 4. The van der Waals surface area contributed by atoms with Gasteiger partial charge in [0.15, 0.2) is 0 Å². The summed E-state index contributed by atoms with van der Waals surface area (Å²) in [4.78, 5) is 0. The van der Waals surface area contributed by atoms with E-state index in [2.05, 4.69) is 137 Å². The first-order valence-electron chi connectivity index (χ1n) is 9.33. The first-order valence-corrected chi connectivity index (χ1v) is 12.8. The number of hydrogen-bond acceptors (Lipinski definition) is 0. The maximum absolute atomic E-state index is 4.64. The van der Waals surface area contributed by atoms with E-state index < -0.39 is 7.92 Å². The summed E-state index contributed by atoms with van der Waals surface area (Å²) in [5.74, 6) is 0. The van der Waals surface area contributed by atoms with Gasteiger partial charge in [-0.3, -0.25) is 0 Å². The zero-order valence-corrected chi connectivity index (χ0v) is 19.2. The average molecular weight is 448 g/mol. The zero-order valence-electron chi connectivity index (χ0n) is 15.9. The van der Waals surface area contributed by atoms with Gasteiger partial charge in [0.05, 0.1) is 0 Å². The molecule has 0 unspecified atom stereocenters. The molecule has 0 nitrogen and oxygen atoms in total. The van der Waals surface area contributed by atoms with Gasteiger partial charge in [0.1, 0.15) is 0 Å². The van der Waals surface area contributed by atoms with Gasteiger partial charge in [0.2, 0.25) is 0 Å². The van der Waals surface area contributed by atoms with Crippen molar-refractivity contribution in [3.8, 4) is 0 Å². The van der Waals surface area contributed by atoms with Gasteiger partial charge in [-0.15, -0.1) is 0 Å². The molecule has 3 heteroatoms. The van der Waals surface area contributed by atoms with E-state index in [0.717, 1.165) is 0 Å². The summed E-state index contributed by atoms with van der Waals surface area (Å²) in [6.07, 6.45) is 2.35. The van der Waals surface area contributed by atoms with Gasteiger partial charge in [0.25, 0.3) is 0 Å². The fourth-order valence-electron chi connectivity index (χ4n) is 3.17. The minimum absolute atomic E-state index is 0.653. The van der Waals surface area contributed by atoms with Crippen LogP contribution in [0, 0.1) is 0 Å². The second-order valence-electron chi connectivity index (χ2n) is 6.31. The summed E-state index contributed by atoms with van der Waals surface area (Å²) in [5.41, 5.74) is 2.51. The van der Waals surface area contributed by atoms with Crippen LogP contribution in [0.25, 0.3) is 11.4 Å². The van der Waals surface area contributed by atoms with Crippen molar-refractivity contribution in [2.45, 2.75) is 0 Å². The summed E-state index contributed by atoms with van der Waals surface area (Å²) in [5, 5.41) is 4.10. The Hall–Kier alpha value is -1.95. The van der Waals surface area contributed by atoms with E-state index >= 15 is 0 Å². The van der Waals surface area contributed by atoms with Crippen LogP contribution in [0.4, 0.5) is 0 Å². The summed E-state index contributed by atoms with van der Waals surface area (Å²) in [7, 11) is 3.99. The van der Waals surface area contributed by atoms with Crippen LogP contribution in [0.2, 0.25) is 0 Å². The summed E-state index contributed by atoms with van der Waals surface area (Å²) >= 11 is 1.47. The van der Waals surface area contributed by atoms with Crippen molar-refractivity contribution < 1.29 is 19.4 Å². The molecule has 0 aliphatic heterocycles. The van der Waals surface area contributed by atoms with Crippen molar-refractivity contribution in [3.63, 3.8) is 0 Å². The van der Waals surface area contributed by atoms with E-state index in [9.17, 15) is 0 Å². The van der Waals surface area contributed by atoms with Crippen LogP contribution in [0.5, 0.6) is 0 Å². The first-order chi connectivity index (χ1) is 14.4. The second kappa shape index (κ2) is 11.9. The molecule has 0 saturated heterocycles. The predicted octanol–water partition coefficient (Wildman–Crippen LogP) is 7.00. The van der Waals surface area contributed by atoms with Crippen molar-refractivity contribution in [3.05, 3.63) is 132 Å². The molecule has 0 aliphatic rings. The van der Waals surface area contributed by atoms with Crippen LogP contribution in [-0.2, 0) is 19.4 Å². The van der Waals surface area contributed by atoms with E-state index in [-0.39, 0.29) is 0 Å². The third-order valence-electron chi connectivity index (χ3n) is 4.44. The summed E-state index contributed by atoms with van der Waals surface area (Å²) in [6, 6.07) is 43.1. The number of hydrogen-bond donors (Lipinski definition) is 0. The van der Waals surface area contributed by atoms with Crippen LogP contribution >= 0.6 is 17.2 Å². The fraction of sp³-hybridized carbons (Fsp3) is 0. The fourth-order valence-corrected chi connectivity index (χ4v) is 5.65. The molecule has 0 atom stereocenters. The molecule has 0 N–H and O–H groups in total. The van der Waals surface area contributed by atoms with E-state index in [4.69, 9.17) is 0 Å². The topological polar surface area (TPSA) is 0 Å². The van der Waals surface area contributed by atoms with Crippen molar-refractivity contribution >= 4 is 39.2 Å². The molecule has 0 aromatic heterocycles. The van der Waals surface area contributed by atoms with Gasteiger partial charge < -0.3 is 0 Å². The normalized spacial score (nSPS) is 10.9. The Bertz CT molecular complexity index is 964. The number of halogens is 1. The molecule has 4 aromatic rings. The summed E-state index contributed by atoms with van der Waals surface area (Å²) < 4.78 is 0. The van der Waals surface area contributed by atoms with E-state index in [1.54, 1.807) is 0 Å². The Labute approximate surface area is 190 Å². The molecule has 141 valence electrons. The minimum atomic E-state index is -0.653. The van der Waals surface area contributed by atoms with Crippen molar-refractivity contribution in [2.75, 3.05) is 0 Å². The van der Waals surface area contributed by atoms with Crippen LogP contribution in [0.1, 0.15) is 11.1 Å². The molecule has 0 fully saturated rings. The van der Waals surface area contributed by atoms with Crippen LogP contribution in [0.15, 0.2) is 121 Å². The molecule has 0 radical (unpaired) electrons. The Kier molecular flexibility index (Phi) is 8.94. The molecule has 0 bridgehead atoms. The second-order valence-corrected chi connectivity index (χ2v) is 8.50. The molecule has 0 aliphatic carbocycles. The Balaban J connectivity index is 0.00000117. The van der Waals surface area contributed by atoms with E-state index in [1.165, 1.54) is 46.4 Å². The first kappa shape index (κ1) is 21.8. The third kappa shape index (κ3) is 6.02. The van der Waals surface area contributed by atoms with Crippen molar-refractivity contribution in [1.82, 2.24) is 0 Å². The van der Waals surface area contributed by atoms with Gasteiger partial charge >= 0.3 is 28.7 Å². The molecular formula is C26H21ClPTi. The molecule has 29 heavy (non-hydrogen) atoms. The van der Waals surface area contributed by atoms with Crippen LogP contribution in [-0.4, -0.2) is 0 Å². The van der Waals surface area contributed by atoms with Gasteiger partial charge in [-0.05, 0) is 41.0 Å².